The lowest BCUT2D eigenvalue weighted by Crippen LogP contribution is -2.36. The Morgan fingerprint density at radius 1 is 1.04 bits per heavy atom. The number of benzene rings is 2. The number of nitrogens with one attached hydrogen (secondary N) is 2. The fourth-order valence-corrected chi connectivity index (χ4v) is 3.13. The molecule has 23 heavy (non-hydrogen) atoms. The molecule has 1 unspecified atom stereocenters. The lowest BCUT2D eigenvalue weighted by molar-refractivity contribution is 0.237. The highest BCUT2D eigenvalue weighted by atomic mass is 16.2. The standard InChI is InChI=1S/C20H24N2O/c1-15(18-12-11-17-9-5-6-10-19(17)13-18)22-20(23)21-14-16-7-3-2-4-8-16/h2-4,7-8,11-13,15H,5-6,9-10,14H2,1H3,(H2,21,22,23). The van der Waals surface area contributed by atoms with Crippen molar-refractivity contribution in [2.75, 3.05) is 0 Å². The number of fused-ring (bicyclic) bond motifs is 1. The zero-order valence-electron chi connectivity index (χ0n) is 13.6. The summed E-state index contributed by atoms with van der Waals surface area (Å²) in [7, 11) is 0. The molecule has 0 aromatic heterocycles. The van der Waals surface area contributed by atoms with E-state index in [4.69, 9.17) is 0 Å². The first-order valence-electron chi connectivity index (χ1n) is 8.42. The van der Waals surface area contributed by atoms with E-state index >= 15 is 0 Å². The fourth-order valence-electron chi connectivity index (χ4n) is 3.13. The molecule has 1 atom stereocenters. The Labute approximate surface area is 138 Å². The van der Waals surface area contributed by atoms with Gasteiger partial charge in [-0.2, -0.15) is 0 Å². The second-order valence-electron chi connectivity index (χ2n) is 6.27. The number of aryl methyl sites for hydroxylation is 2. The topological polar surface area (TPSA) is 41.1 Å². The first kappa shape index (κ1) is 15.6. The number of urea groups is 1. The first-order valence-corrected chi connectivity index (χ1v) is 8.42. The lowest BCUT2D eigenvalue weighted by atomic mass is 9.89. The second kappa shape index (κ2) is 7.32. The van der Waals surface area contributed by atoms with Crippen molar-refractivity contribution in [3.05, 3.63) is 70.8 Å². The van der Waals surface area contributed by atoms with Gasteiger partial charge in [-0.1, -0.05) is 48.5 Å². The van der Waals surface area contributed by atoms with E-state index in [2.05, 4.69) is 28.8 Å². The number of carbonyl (C=O) groups excluding carboxylic acids is 1. The summed E-state index contributed by atoms with van der Waals surface area (Å²) in [6, 6.07) is 16.5. The van der Waals surface area contributed by atoms with Gasteiger partial charge in [0.05, 0.1) is 6.04 Å². The quantitative estimate of drug-likeness (QED) is 0.876. The van der Waals surface area contributed by atoms with Crippen molar-refractivity contribution in [3.63, 3.8) is 0 Å². The molecular formula is C20H24N2O. The van der Waals surface area contributed by atoms with Crippen molar-refractivity contribution in [1.82, 2.24) is 10.6 Å². The van der Waals surface area contributed by atoms with Gasteiger partial charge in [0.25, 0.3) is 0 Å². The molecule has 0 heterocycles. The Kier molecular flexibility index (Phi) is 4.96. The van der Waals surface area contributed by atoms with Gasteiger partial charge in [0.2, 0.25) is 0 Å². The fraction of sp³-hybridized carbons (Fsp3) is 0.350. The lowest BCUT2D eigenvalue weighted by Gasteiger charge is -2.20. The third-order valence-corrected chi connectivity index (χ3v) is 4.52. The smallest absolute Gasteiger partial charge is 0.315 e. The van der Waals surface area contributed by atoms with Gasteiger partial charge in [0, 0.05) is 6.54 Å². The van der Waals surface area contributed by atoms with Crippen LogP contribution in [0.4, 0.5) is 4.79 Å². The van der Waals surface area contributed by atoms with E-state index in [1.54, 1.807) is 0 Å². The van der Waals surface area contributed by atoms with Crippen LogP contribution in [0.5, 0.6) is 0 Å². The molecule has 120 valence electrons. The van der Waals surface area contributed by atoms with Crippen molar-refractivity contribution in [2.24, 2.45) is 0 Å². The zero-order chi connectivity index (χ0) is 16.1. The molecule has 2 aromatic carbocycles. The minimum atomic E-state index is -0.126. The van der Waals surface area contributed by atoms with Crippen LogP contribution in [0.25, 0.3) is 0 Å². The maximum atomic E-state index is 12.1. The van der Waals surface area contributed by atoms with E-state index in [0.717, 1.165) is 12.0 Å². The maximum absolute atomic E-state index is 12.1. The van der Waals surface area contributed by atoms with Gasteiger partial charge in [-0.05, 0) is 54.9 Å². The maximum Gasteiger partial charge on any atom is 0.315 e. The summed E-state index contributed by atoms with van der Waals surface area (Å²) in [4.78, 5) is 12.1. The molecule has 0 bridgehead atoms. The monoisotopic (exact) mass is 308 g/mol. The second-order valence-corrected chi connectivity index (χ2v) is 6.27. The normalized spacial score (nSPS) is 14.7. The SMILES string of the molecule is CC(NC(=O)NCc1ccccc1)c1ccc2c(c1)CCCC2. The van der Waals surface area contributed by atoms with Crippen LogP contribution in [0.15, 0.2) is 48.5 Å². The molecular weight excluding hydrogens is 284 g/mol. The molecule has 0 saturated heterocycles. The van der Waals surface area contributed by atoms with E-state index in [9.17, 15) is 4.79 Å². The third kappa shape index (κ3) is 4.13. The predicted molar refractivity (Wildman–Crippen MR) is 93.3 cm³/mol. The molecule has 2 amide bonds. The number of hydrogen-bond acceptors (Lipinski definition) is 1. The summed E-state index contributed by atoms with van der Waals surface area (Å²) < 4.78 is 0. The summed E-state index contributed by atoms with van der Waals surface area (Å²) in [5, 5.41) is 5.94. The number of rotatable bonds is 4. The van der Waals surface area contributed by atoms with Crippen molar-refractivity contribution in [3.8, 4) is 0 Å². The van der Waals surface area contributed by atoms with Gasteiger partial charge in [0.1, 0.15) is 0 Å². The Hall–Kier alpha value is -2.29. The van der Waals surface area contributed by atoms with Crippen molar-refractivity contribution in [2.45, 2.75) is 45.2 Å². The Morgan fingerprint density at radius 3 is 2.57 bits per heavy atom. The molecule has 0 spiro atoms. The molecule has 1 aliphatic rings. The van der Waals surface area contributed by atoms with Crippen LogP contribution in [-0.2, 0) is 19.4 Å². The summed E-state index contributed by atoms with van der Waals surface area (Å²) in [5.41, 5.74) is 5.21. The molecule has 2 N–H and O–H groups in total. The van der Waals surface area contributed by atoms with Crippen LogP contribution < -0.4 is 10.6 Å². The summed E-state index contributed by atoms with van der Waals surface area (Å²) >= 11 is 0. The highest BCUT2D eigenvalue weighted by molar-refractivity contribution is 5.74. The van der Waals surface area contributed by atoms with Crippen LogP contribution in [0.1, 0.15) is 48.1 Å². The number of hydrogen-bond donors (Lipinski definition) is 2. The largest absolute Gasteiger partial charge is 0.334 e. The van der Waals surface area contributed by atoms with Crippen LogP contribution in [-0.4, -0.2) is 6.03 Å². The number of amides is 2. The molecule has 3 rings (SSSR count). The first-order chi connectivity index (χ1) is 11.2. The minimum absolute atomic E-state index is 0.0120. The summed E-state index contributed by atoms with van der Waals surface area (Å²) in [6.07, 6.45) is 4.92. The summed E-state index contributed by atoms with van der Waals surface area (Å²) in [5.74, 6) is 0. The van der Waals surface area contributed by atoms with Crippen molar-refractivity contribution >= 4 is 6.03 Å². The average molecular weight is 308 g/mol. The molecule has 0 radical (unpaired) electrons. The highest BCUT2D eigenvalue weighted by Crippen LogP contribution is 2.24. The van der Waals surface area contributed by atoms with Crippen LogP contribution in [0.3, 0.4) is 0 Å². The van der Waals surface area contributed by atoms with E-state index < -0.39 is 0 Å². The summed E-state index contributed by atoms with van der Waals surface area (Å²) in [6.45, 7) is 2.58. The molecule has 0 fully saturated rings. The van der Waals surface area contributed by atoms with Gasteiger partial charge in [-0.3, -0.25) is 0 Å². The predicted octanol–water partition coefficient (Wildman–Crippen LogP) is 4.13. The highest BCUT2D eigenvalue weighted by Gasteiger charge is 2.13. The van der Waals surface area contributed by atoms with E-state index in [1.165, 1.54) is 36.0 Å². The van der Waals surface area contributed by atoms with Crippen molar-refractivity contribution < 1.29 is 4.79 Å². The van der Waals surface area contributed by atoms with Crippen molar-refractivity contribution in [1.29, 1.82) is 0 Å². The van der Waals surface area contributed by atoms with Crippen LogP contribution >= 0.6 is 0 Å². The Bertz CT molecular complexity index is 667. The van der Waals surface area contributed by atoms with Gasteiger partial charge >= 0.3 is 6.03 Å². The third-order valence-electron chi connectivity index (χ3n) is 4.52. The van der Waals surface area contributed by atoms with E-state index in [1.807, 2.05) is 37.3 Å². The molecule has 1 aliphatic carbocycles. The minimum Gasteiger partial charge on any atom is -0.334 e. The molecule has 0 aliphatic heterocycles. The molecule has 3 nitrogen and oxygen atoms in total. The average Bonchev–Trinajstić information content (AvgIpc) is 2.60. The zero-order valence-corrected chi connectivity index (χ0v) is 13.6. The van der Waals surface area contributed by atoms with E-state index in [-0.39, 0.29) is 12.1 Å². The molecule has 0 saturated carbocycles. The van der Waals surface area contributed by atoms with Crippen LogP contribution in [0, 0.1) is 0 Å². The van der Waals surface area contributed by atoms with Gasteiger partial charge in [-0.25, -0.2) is 4.79 Å². The van der Waals surface area contributed by atoms with Crippen LogP contribution in [0.2, 0.25) is 0 Å². The molecule has 2 aromatic rings. The van der Waals surface area contributed by atoms with Gasteiger partial charge in [0.15, 0.2) is 0 Å². The van der Waals surface area contributed by atoms with Gasteiger partial charge in [-0.15, -0.1) is 0 Å². The Balaban J connectivity index is 1.56. The van der Waals surface area contributed by atoms with Gasteiger partial charge < -0.3 is 10.6 Å². The van der Waals surface area contributed by atoms with E-state index in [0.29, 0.717) is 6.54 Å². The Morgan fingerprint density at radius 2 is 1.78 bits per heavy atom. The number of carbonyl (C=O) groups is 1. The molecule has 3 heteroatoms.